The molecule has 0 amide bonds. The van der Waals surface area contributed by atoms with Crippen LogP contribution in [0, 0.1) is 17.0 Å². The summed E-state index contributed by atoms with van der Waals surface area (Å²) >= 11 is 0. The summed E-state index contributed by atoms with van der Waals surface area (Å²) in [5, 5.41) is 14.5. The van der Waals surface area contributed by atoms with Crippen LogP contribution in [0.25, 0.3) is 0 Å². The molecular weight excluding hydrogens is 214 g/mol. The summed E-state index contributed by atoms with van der Waals surface area (Å²) in [4.78, 5) is 21.6. The minimum absolute atomic E-state index is 0.114. The Morgan fingerprint density at radius 1 is 1.62 bits per heavy atom. The summed E-state index contributed by atoms with van der Waals surface area (Å²) in [6, 6.07) is 0. The van der Waals surface area contributed by atoms with E-state index in [1.54, 1.807) is 13.8 Å². The van der Waals surface area contributed by atoms with Gasteiger partial charge in [-0.3, -0.25) is 10.1 Å². The normalized spacial score (nSPS) is 11.2. The third kappa shape index (κ3) is 1.75. The van der Waals surface area contributed by atoms with Crippen molar-refractivity contribution in [3.63, 3.8) is 0 Å². The van der Waals surface area contributed by atoms with Crippen LogP contribution >= 0.6 is 0 Å². The van der Waals surface area contributed by atoms with Crippen molar-refractivity contribution < 1.29 is 14.5 Å². The third-order valence-electron chi connectivity index (χ3n) is 2.40. The minimum Gasteiger partial charge on any atom is -0.467 e. The fraction of sp³-hybridized carbons (Fsp3) is 0.556. The zero-order valence-corrected chi connectivity index (χ0v) is 9.55. The Balaban J connectivity index is 3.24. The minimum atomic E-state index is -1.06. The molecule has 16 heavy (non-hydrogen) atoms. The highest BCUT2D eigenvalue weighted by atomic mass is 16.6. The summed E-state index contributed by atoms with van der Waals surface area (Å²) < 4.78 is 5.91. The highest BCUT2D eigenvalue weighted by Crippen LogP contribution is 2.24. The maximum absolute atomic E-state index is 11.5. The molecule has 0 fully saturated rings. The summed E-state index contributed by atoms with van der Waals surface area (Å²) in [5.74, 6) is -0.506. The molecule has 0 spiro atoms. The highest BCUT2D eigenvalue weighted by Gasteiger charge is 2.35. The number of ether oxygens (including phenoxy) is 1. The summed E-state index contributed by atoms with van der Waals surface area (Å²) in [5.41, 5.74) is -0.857. The van der Waals surface area contributed by atoms with E-state index in [-0.39, 0.29) is 5.69 Å². The van der Waals surface area contributed by atoms with Crippen LogP contribution in [0.15, 0.2) is 6.20 Å². The number of hydrogen-bond donors (Lipinski definition) is 0. The van der Waals surface area contributed by atoms with Crippen LogP contribution in [0.1, 0.15) is 19.5 Å². The number of nitrogens with zero attached hydrogens (tertiary/aromatic N) is 3. The summed E-state index contributed by atoms with van der Waals surface area (Å²) in [6.07, 6.45) is 1.13. The van der Waals surface area contributed by atoms with E-state index in [0.717, 1.165) is 6.20 Å². The van der Waals surface area contributed by atoms with Gasteiger partial charge in [-0.25, -0.2) is 9.48 Å². The highest BCUT2D eigenvalue weighted by molar-refractivity contribution is 5.77. The second kappa shape index (κ2) is 3.92. The van der Waals surface area contributed by atoms with Crippen LogP contribution < -0.4 is 0 Å². The lowest BCUT2D eigenvalue weighted by Crippen LogP contribution is -2.38. The predicted molar refractivity (Wildman–Crippen MR) is 55.0 cm³/mol. The van der Waals surface area contributed by atoms with Crippen molar-refractivity contribution in [2.75, 3.05) is 7.11 Å². The van der Waals surface area contributed by atoms with E-state index in [9.17, 15) is 14.9 Å². The van der Waals surface area contributed by atoms with Gasteiger partial charge in [0, 0.05) is 0 Å². The van der Waals surface area contributed by atoms with Crippen LogP contribution in [0.5, 0.6) is 0 Å². The van der Waals surface area contributed by atoms with Crippen molar-refractivity contribution in [2.45, 2.75) is 26.3 Å². The van der Waals surface area contributed by atoms with Gasteiger partial charge in [-0.05, 0) is 20.8 Å². The number of carbonyl (C=O) groups is 1. The number of hydrogen-bond acceptors (Lipinski definition) is 5. The van der Waals surface area contributed by atoms with E-state index in [0.29, 0.717) is 5.69 Å². The molecule has 0 bridgehead atoms. The largest absolute Gasteiger partial charge is 0.467 e. The van der Waals surface area contributed by atoms with Gasteiger partial charge >= 0.3 is 11.7 Å². The first kappa shape index (κ1) is 12.2. The van der Waals surface area contributed by atoms with E-state index in [1.165, 1.54) is 18.7 Å². The Labute approximate surface area is 92.2 Å². The average Bonchev–Trinajstić information content (AvgIpc) is 2.59. The van der Waals surface area contributed by atoms with Crippen molar-refractivity contribution in [1.29, 1.82) is 0 Å². The number of nitro groups is 1. The topological polar surface area (TPSA) is 87.3 Å². The van der Waals surface area contributed by atoms with E-state index in [2.05, 4.69) is 9.84 Å². The zero-order chi connectivity index (χ0) is 12.5. The second-order valence-corrected chi connectivity index (χ2v) is 3.83. The van der Waals surface area contributed by atoms with Gasteiger partial charge in [0.05, 0.1) is 12.0 Å². The molecule has 0 aliphatic carbocycles. The molecule has 0 aromatic carbocycles. The summed E-state index contributed by atoms with van der Waals surface area (Å²) in [7, 11) is 1.26. The van der Waals surface area contributed by atoms with Crippen molar-refractivity contribution >= 4 is 11.7 Å². The Morgan fingerprint density at radius 2 is 2.19 bits per heavy atom. The Hall–Kier alpha value is -1.92. The van der Waals surface area contributed by atoms with Crippen molar-refractivity contribution in [1.82, 2.24) is 9.78 Å². The molecule has 7 nitrogen and oxygen atoms in total. The molecule has 0 atom stereocenters. The molecule has 7 heteroatoms. The first-order valence-electron chi connectivity index (χ1n) is 4.60. The molecule has 1 heterocycles. The maximum atomic E-state index is 11.5. The SMILES string of the molecule is COC(=O)C(C)(C)n1ncc([N+](=O)[O-])c1C. The number of carbonyl (C=O) groups excluding carboxylic acids is 1. The second-order valence-electron chi connectivity index (χ2n) is 3.83. The zero-order valence-electron chi connectivity index (χ0n) is 9.55. The van der Waals surface area contributed by atoms with E-state index in [4.69, 9.17) is 0 Å². The molecule has 1 aromatic heterocycles. The molecule has 0 N–H and O–H groups in total. The van der Waals surface area contributed by atoms with Crippen molar-refractivity contribution in [2.24, 2.45) is 0 Å². The smallest absolute Gasteiger partial charge is 0.333 e. The van der Waals surface area contributed by atoms with Crippen LogP contribution in [0.3, 0.4) is 0 Å². The maximum Gasteiger partial charge on any atom is 0.333 e. The molecule has 0 saturated carbocycles. The number of aromatic nitrogens is 2. The molecule has 1 rings (SSSR count). The number of methoxy groups -OCH3 is 1. The number of esters is 1. The van der Waals surface area contributed by atoms with Crippen molar-refractivity contribution in [3.8, 4) is 0 Å². The lowest BCUT2D eigenvalue weighted by molar-refractivity contribution is -0.385. The summed E-state index contributed by atoms with van der Waals surface area (Å²) in [6.45, 7) is 4.71. The first-order valence-corrected chi connectivity index (χ1v) is 4.60. The molecule has 0 aliphatic rings. The Morgan fingerprint density at radius 3 is 2.56 bits per heavy atom. The van der Waals surface area contributed by atoms with E-state index < -0.39 is 16.4 Å². The molecule has 1 aromatic rings. The first-order chi connectivity index (χ1) is 7.32. The van der Waals surface area contributed by atoms with E-state index in [1.807, 2.05) is 0 Å². The molecule has 0 saturated heterocycles. The molecular formula is C9H13N3O4. The van der Waals surface area contributed by atoms with Crippen LogP contribution in [-0.2, 0) is 15.1 Å². The van der Waals surface area contributed by atoms with Crippen LogP contribution in [0.2, 0.25) is 0 Å². The average molecular weight is 227 g/mol. The Bertz CT molecular complexity index is 436. The van der Waals surface area contributed by atoms with Crippen LogP contribution in [-0.4, -0.2) is 27.8 Å². The third-order valence-corrected chi connectivity index (χ3v) is 2.40. The Kier molecular flexibility index (Phi) is 2.97. The lowest BCUT2D eigenvalue weighted by Gasteiger charge is -2.23. The molecule has 0 aliphatic heterocycles. The molecule has 0 unspecified atom stereocenters. The predicted octanol–water partition coefficient (Wildman–Crippen LogP) is 1.01. The van der Waals surface area contributed by atoms with Gasteiger partial charge in [0.25, 0.3) is 0 Å². The van der Waals surface area contributed by atoms with Gasteiger partial charge in [-0.15, -0.1) is 0 Å². The fourth-order valence-corrected chi connectivity index (χ4v) is 1.48. The van der Waals surface area contributed by atoms with Gasteiger partial charge in [0.15, 0.2) is 5.54 Å². The van der Waals surface area contributed by atoms with Crippen molar-refractivity contribution in [3.05, 3.63) is 22.0 Å². The number of rotatable bonds is 3. The van der Waals surface area contributed by atoms with Gasteiger partial charge in [-0.2, -0.15) is 5.10 Å². The van der Waals surface area contributed by atoms with Gasteiger partial charge < -0.3 is 4.74 Å². The van der Waals surface area contributed by atoms with E-state index >= 15 is 0 Å². The molecule has 0 radical (unpaired) electrons. The van der Waals surface area contributed by atoms with Gasteiger partial charge in [0.1, 0.15) is 11.9 Å². The standard InChI is InChI=1S/C9H13N3O4/c1-6-7(12(14)15)5-10-11(6)9(2,3)8(13)16-4/h5H,1-4H3. The van der Waals surface area contributed by atoms with Gasteiger partial charge in [0.2, 0.25) is 0 Å². The monoisotopic (exact) mass is 227 g/mol. The quantitative estimate of drug-likeness (QED) is 0.437. The van der Waals surface area contributed by atoms with Crippen LogP contribution in [0.4, 0.5) is 5.69 Å². The fourth-order valence-electron chi connectivity index (χ4n) is 1.48. The van der Waals surface area contributed by atoms with Gasteiger partial charge in [-0.1, -0.05) is 0 Å². The lowest BCUT2D eigenvalue weighted by atomic mass is 10.1. The molecule has 88 valence electrons.